The van der Waals surface area contributed by atoms with Gasteiger partial charge in [0.15, 0.2) is 0 Å². The molecule has 4 heteroatoms. The number of benzene rings is 2. The highest BCUT2D eigenvalue weighted by Gasteiger charge is 2.03. The maximum atomic E-state index is 5.88. The first-order valence-electron chi connectivity index (χ1n) is 4.63. The molecule has 0 heterocycles. The van der Waals surface area contributed by atoms with E-state index in [0.29, 0.717) is 5.02 Å². The van der Waals surface area contributed by atoms with Gasteiger partial charge in [0.05, 0.1) is 11.4 Å². The molecule has 1 N–H and O–H groups in total. The first-order chi connectivity index (χ1) is 7.66. The molecular weight excluding hydrogens is 353 g/mol. The van der Waals surface area contributed by atoms with Crippen LogP contribution in [0.1, 0.15) is 0 Å². The SMILES string of the molecule is Clc1ccc(Nc2ccccc2Br)c(Br)c1. The van der Waals surface area contributed by atoms with E-state index in [-0.39, 0.29) is 0 Å². The van der Waals surface area contributed by atoms with Crippen molar-refractivity contribution in [3.05, 3.63) is 56.4 Å². The number of rotatable bonds is 2. The molecule has 0 unspecified atom stereocenters. The van der Waals surface area contributed by atoms with Gasteiger partial charge in [-0.25, -0.2) is 0 Å². The minimum atomic E-state index is 0.713. The van der Waals surface area contributed by atoms with Gasteiger partial charge in [-0.2, -0.15) is 0 Å². The first kappa shape index (κ1) is 12.0. The average molecular weight is 361 g/mol. The van der Waals surface area contributed by atoms with Gasteiger partial charge in [0, 0.05) is 14.0 Å². The van der Waals surface area contributed by atoms with E-state index < -0.39 is 0 Å². The zero-order chi connectivity index (χ0) is 11.5. The van der Waals surface area contributed by atoms with Crippen molar-refractivity contribution in [2.75, 3.05) is 5.32 Å². The van der Waals surface area contributed by atoms with E-state index in [4.69, 9.17) is 11.6 Å². The summed E-state index contributed by atoms with van der Waals surface area (Å²) in [6, 6.07) is 13.6. The van der Waals surface area contributed by atoms with Crippen LogP contribution in [0.15, 0.2) is 51.4 Å². The molecule has 16 heavy (non-hydrogen) atoms. The lowest BCUT2D eigenvalue weighted by Gasteiger charge is -2.10. The molecule has 0 aliphatic heterocycles. The Morgan fingerprint density at radius 3 is 2.25 bits per heavy atom. The highest BCUT2D eigenvalue weighted by molar-refractivity contribution is 9.11. The molecule has 0 saturated heterocycles. The Kier molecular flexibility index (Phi) is 3.90. The quantitative estimate of drug-likeness (QED) is 0.733. The van der Waals surface area contributed by atoms with Crippen molar-refractivity contribution in [2.45, 2.75) is 0 Å². The maximum Gasteiger partial charge on any atom is 0.0530 e. The summed E-state index contributed by atoms with van der Waals surface area (Å²) in [5.74, 6) is 0. The predicted octanol–water partition coefficient (Wildman–Crippen LogP) is 5.61. The van der Waals surface area contributed by atoms with Gasteiger partial charge >= 0.3 is 0 Å². The Hall–Kier alpha value is -0.510. The molecule has 0 amide bonds. The van der Waals surface area contributed by atoms with Gasteiger partial charge in [0.1, 0.15) is 0 Å². The van der Waals surface area contributed by atoms with Gasteiger partial charge in [0.2, 0.25) is 0 Å². The van der Waals surface area contributed by atoms with E-state index in [1.54, 1.807) is 0 Å². The van der Waals surface area contributed by atoms with Gasteiger partial charge in [-0.1, -0.05) is 23.7 Å². The van der Waals surface area contributed by atoms with Crippen molar-refractivity contribution in [1.82, 2.24) is 0 Å². The fourth-order valence-corrected chi connectivity index (χ4v) is 2.46. The van der Waals surface area contributed by atoms with E-state index in [0.717, 1.165) is 20.3 Å². The first-order valence-corrected chi connectivity index (χ1v) is 6.60. The number of halogens is 3. The minimum absolute atomic E-state index is 0.713. The number of hydrogen-bond acceptors (Lipinski definition) is 1. The third kappa shape index (κ3) is 2.78. The summed E-state index contributed by atoms with van der Waals surface area (Å²) in [5.41, 5.74) is 2.00. The van der Waals surface area contributed by atoms with Crippen LogP contribution in [-0.4, -0.2) is 0 Å². The van der Waals surface area contributed by atoms with Crippen LogP contribution in [0.3, 0.4) is 0 Å². The molecule has 0 atom stereocenters. The second kappa shape index (κ2) is 5.21. The Balaban J connectivity index is 2.31. The second-order valence-corrected chi connectivity index (χ2v) is 5.37. The van der Waals surface area contributed by atoms with Gasteiger partial charge in [-0.15, -0.1) is 0 Å². The molecule has 0 radical (unpaired) electrons. The molecule has 0 fully saturated rings. The molecule has 82 valence electrons. The Labute approximate surface area is 116 Å². The number of hydrogen-bond donors (Lipinski definition) is 1. The lowest BCUT2D eigenvalue weighted by molar-refractivity contribution is 1.50. The average Bonchev–Trinajstić information content (AvgIpc) is 2.25. The van der Waals surface area contributed by atoms with Gasteiger partial charge in [-0.05, 0) is 62.2 Å². The van der Waals surface area contributed by atoms with Crippen LogP contribution >= 0.6 is 43.5 Å². The molecule has 0 aromatic heterocycles. The fraction of sp³-hybridized carbons (Fsp3) is 0. The van der Waals surface area contributed by atoms with Gasteiger partial charge < -0.3 is 5.32 Å². The second-order valence-electron chi connectivity index (χ2n) is 3.23. The summed E-state index contributed by atoms with van der Waals surface area (Å²) in [7, 11) is 0. The lowest BCUT2D eigenvalue weighted by Crippen LogP contribution is -1.91. The molecule has 2 aromatic carbocycles. The van der Waals surface area contributed by atoms with Crippen molar-refractivity contribution < 1.29 is 0 Å². The third-order valence-corrected chi connectivity index (χ3v) is 3.66. The Morgan fingerprint density at radius 1 is 0.875 bits per heavy atom. The summed E-state index contributed by atoms with van der Waals surface area (Å²) in [6.45, 7) is 0. The lowest BCUT2D eigenvalue weighted by atomic mass is 10.3. The summed E-state index contributed by atoms with van der Waals surface area (Å²) in [5, 5.41) is 4.03. The number of anilines is 2. The molecule has 1 nitrogen and oxygen atoms in total. The van der Waals surface area contributed by atoms with Crippen LogP contribution in [0, 0.1) is 0 Å². The number of nitrogens with one attached hydrogen (secondary N) is 1. The van der Waals surface area contributed by atoms with Crippen molar-refractivity contribution in [3.8, 4) is 0 Å². The summed E-state index contributed by atoms with van der Waals surface area (Å²) in [6.07, 6.45) is 0. The van der Waals surface area contributed by atoms with Crippen LogP contribution in [0.25, 0.3) is 0 Å². The molecule has 0 saturated carbocycles. The highest BCUT2D eigenvalue weighted by atomic mass is 79.9. The van der Waals surface area contributed by atoms with Crippen LogP contribution in [-0.2, 0) is 0 Å². The smallest absolute Gasteiger partial charge is 0.0530 e. The predicted molar refractivity (Wildman–Crippen MR) is 76.6 cm³/mol. The summed E-state index contributed by atoms with van der Waals surface area (Å²) < 4.78 is 1.97. The van der Waals surface area contributed by atoms with Crippen molar-refractivity contribution in [3.63, 3.8) is 0 Å². The zero-order valence-corrected chi connectivity index (χ0v) is 12.1. The molecule has 0 spiro atoms. The van der Waals surface area contributed by atoms with Gasteiger partial charge in [0.25, 0.3) is 0 Å². The van der Waals surface area contributed by atoms with Gasteiger partial charge in [-0.3, -0.25) is 0 Å². The zero-order valence-electron chi connectivity index (χ0n) is 8.18. The van der Waals surface area contributed by atoms with Crippen molar-refractivity contribution >= 4 is 54.8 Å². The van der Waals surface area contributed by atoms with E-state index in [1.165, 1.54) is 0 Å². The monoisotopic (exact) mass is 359 g/mol. The number of para-hydroxylation sites is 1. The van der Waals surface area contributed by atoms with Crippen LogP contribution in [0.2, 0.25) is 5.02 Å². The minimum Gasteiger partial charge on any atom is -0.354 e. The Bertz CT molecular complexity index is 514. The standard InChI is InChI=1S/C12H8Br2ClN/c13-9-3-1-2-4-11(9)16-12-6-5-8(15)7-10(12)14/h1-7,16H. The van der Waals surface area contributed by atoms with E-state index in [1.807, 2.05) is 42.5 Å². The molecule has 0 bridgehead atoms. The van der Waals surface area contributed by atoms with Crippen LogP contribution in [0.4, 0.5) is 11.4 Å². The van der Waals surface area contributed by atoms with Crippen LogP contribution < -0.4 is 5.32 Å². The van der Waals surface area contributed by atoms with E-state index in [9.17, 15) is 0 Å². The molecule has 0 aliphatic carbocycles. The fourth-order valence-electron chi connectivity index (χ4n) is 1.30. The van der Waals surface area contributed by atoms with Crippen molar-refractivity contribution in [1.29, 1.82) is 0 Å². The normalized spacial score (nSPS) is 10.2. The topological polar surface area (TPSA) is 12.0 Å². The van der Waals surface area contributed by atoms with E-state index in [2.05, 4.69) is 37.2 Å². The Morgan fingerprint density at radius 2 is 1.56 bits per heavy atom. The van der Waals surface area contributed by atoms with Crippen LogP contribution in [0.5, 0.6) is 0 Å². The van der Waals surface area contributed by atoms with E-state index >= 15 is 0 Å². The third-order valence-electron chi connectivity index (χ3n) is 2.07. The molecule has 0 aliphatic rings. The summed E-state index contributed by atoms with van der Waals surface area (Å²) in [4.78, 5) is 0. The molecular formula is C12H8Br2ClN. The van der Waals surface area contributed by atoms with Crippen molar-refractivity contribution in [2.24, 2.45) is 0 Å². The maximum absolute atomic E-state index is 5.88. The highest BCUT2D eigenvalue weighted by Crippen LogP contribution is 2.31. The largest absolute Gasteiger partial charge is 0.354 e. The summed E-state index contributed by atoms with van der Waals surface area (Å²) >= 11 is 12.8. The molecule has 2 rings (SSSR count). The molecule has 2 aromatic rings.